The molecule has 1 unspecified atom stereocenters. The van der Waals surface area contributed by atoms with E-state index in [1.807, 2.05) is 17.0 Å². The van der Waals surface area contributed by atoms with Crippen LogP contribution in [0.5, 0.6) is 11.5 Å². The van der Waals surface area contributed by atoms with Gasteiger partial charge in [-0.05, 0) is 23.1 Å². The van der Waals surface area contributed by atoms with Crippen molar-refractivity contribution in [2.75, 3.05) is 38.8 Å². The molecule has 7 atom stereocenters. The summed E-state index contributed by atoms with van der Waals surface area (Å²) in [5, 5.41) is 14.1. The molecule has 0 N–H and O–H groups in total. The lowest BCUT2D eigenvalue weighted by atomic mass is 9.53. The Hall–Kier alpha value is -2.09. The van der Waals surface area contributed by atoms with Crippen LogP contribution < -0.4 is 14.4 Å². The van der Waals surface area contributed by atoms with Crippen molar-refractivity contribution in [2.24, 2.45) is 11.8 Å². The summed E-state index contributed by atoms with van der Waals surface area (Å²) in [5.74, 6) is 1.98. The number of hydrogen-bond donors (Lipinski definition) is 0. The number of benzene rings is 1. The molecule has 5 aliphatic heterocycles. The first-order valence-electron chi connectivity index (χ1n) is 11.0. The number of methoxy groups -OCH3 is 2. The van der Waals surface area contributed by atoms with Gasteiger partial charge in [-0.3, -0.25) is 4.79 Å². The number of anilines is 1. The zero-order valence-electron chi connectivity index (χ0n) is 17.3. The first-order chi connectivity index (χ1) is 14.5. The molecule has 1 saturated carbocycles. The summed E-state index contributed by atoms with van der Waals surface area (Å²) in [6, 6.07) is 3.96. The molecule has 2 bridgehead atoms. The molecular formula is C23H26N2O5. The molecule has 1 amide bonds. The minimum absolute atomic E-state index is 0.0185. The van der Waals surface area contributed by atoms with Gasteiger partial charge in [0.2, 0.25) is 5.91 Å². The Morgan fingerprint density at radius 3 is 2.87 bits per heavy atom. The monoisotopic (exact) mass is 410 g/mol. The van der Waals surface area contributed by atoms with E-state index in [-0.39, 0.29) is 40.1 Å². The predicted octanol–water partition coefficient (Wildman–Crippen LogP) is 2.12. The third kappa shape index (κ3) is 1.75. The van der Waals surface area contributed by atoms with Crippen molar-refractivity contribution < 1.29 is 23.7 Å². The van der Waals surface area contributed by atoms with Crippen LogP contribution in [0.2, 0.25) is 0 Å². The molecule has 1 spiro atoms. The standard InChI is InChI=1S/C23H26N2O5/c1-28-16-8-14-15(9-17(16)29-2)24-20(26)10-18-21-13-7-19-23(14,22(21)24)4-5-25(19,27)11-12(13)3-6-30-18/h3,8-9,13,18-19,21-22H,4-7,10-11H2,1-2H3/t13-,18+,19+,21+,22-,23+,25?/m0/s1. The number of ether oxygens (including phenoxy) is 3. The number of fused-ring (bicyclic) bond motifs is 2. The third-order valence-electron chi connectivity index (χ3n) is 9.10. The molecule has 3 saturated heterocycles. The van der Waals surface area contributed by atoms with Crippen LogP contribution in [0.15, 0.2) is 23.8 Å². The number of carbonyl (C=O) groups excluding carboxylic acids is 1. The molecule has 1 aromatic rings. The fourth-order valence-electron chi connectivity index (χ4n) is 8.13. The van der Waals surface area contributed by atoms with Crippen LogP contribution in [0.3, 0.4) is 0 Å². The van der Waals surface area contributed by atoms with E-state index in [4.69, 9.17) is 14.2 Å². The number of nitrogens with zero attached hydrogens (tertiary/aromatic N) is 2. The zero-order chi connectivity index (χ0) is 20.4. The maximum atomic E-state index is 14.1. The van der Waals surface area contributed by atoms with Crippen LogP contribution >= 0.6 is 0 Å². The molecule has 0 aromatic heterocycles. The van der Waals surface area contributed by atoms with Crippen molar-refractivity contribution in [1.82, 2.24) is 0 Å². The molecule has 1 aromatic carbocycles. The van der Waals surface area contributed by atoms with Gasteiger partial charge in [-0.2, -0.15) is 0 Å². The van der Waals surface area contributed by atoms with Crippen molar-refractivity contribution in [1.29, 1.82) is 0 Å². The number of amides is 1. The lowest BCUT2D eigenvalue weighted by Gasteiger charge is -2.61. The topological polar surface area (TPSA) is 71.1 Å². The van der Waals surface area contributed by atoms with E-state index in [0.717, 1.165) is 24.1 Å². The van der Waals surface area contributed by atoms with Gasteiger partial charge < -0.3 is 29.0 Å². The number of rotatable bonds is 2. The van der Waals surface area contributed by atoms with Crippen LogP contribution in [0.25, 0.3) is 0 Å². The molecule has 158 valence electrons. The summed E-state index contributed by atoms with van der Waals surface area (Å²) in [7, 11) is 3.26. The maximum Gasteiger partial charge on any atom is 0.229 e. The van der Waals surface area contributed by atoms with Crippen molar-refractivity contribution in [3.63, 3.8) is 0 Å². The SMILES string of the molecule is COc1cc2c(cc1OC)[C@@]13CC[N+]4([O-])CC5=CCO[C@@H]6CC(=O)N2[C@H]1[C@@H]6[C@H]5C[C@H]34. The Kier molecular flexibility index (Phi) is 3.16. The van der Waals surface area contributed by atoms with Crippen molar-refractivity contribution in [3.8, 4) is 11.5 Å². The summed E-state index contributed by atoms with van der Waals surface area (Å²) < 4.78 is 17.3. The Morgan fingerprint density at radius 2 is 2.07 bits per heavy atom. The van der Waals surface area contributed by atoms with E-state index in [1.54, 1.807) is 14.2 Å². The molecule has 0 radical (unpaired) electrons. The molecule has 6 aliphatic rings. The van der Waals surface area contributed by atoms with Gasteiger partial charge in [0.05, 0.1) is 57.0 Å². The van der Waals surface area contributed by atoms with Crippen LogP contribution in [-0.4, -0.2) is 62.7 Å². The van der Waals surface area contributed by atoms with Gasteiger partial charge in [-0.25, -0.2) is 0 Å². The number of carbonyl (C=O) groups is 1. The second-order valence-corrected chi connectivity index (χ2v) is 9.85. The quantitative estimate of drug-likeness (QED) is 0.424. The Bertz CT molecular complexity index is 1020. The highest BCUT2D eigenvalue weighted by atomic mass is 16.6. The minimum atomic E-state index is -0.328. The molecule has 5 heterocycles. The number of quaternary nitrogens is 1. The summed E-state index contributed by atoms with van der Waals surface area (Å²) in [6.45, 7) is 1.70. The van der Waals surface area contributed by atoms with Crippen LogP contribution in [-0.2, 0) is 14.9 Å². The van der Waals surface area contributed by atoms with E-state index in [9.17, 15) is 10.0 Å². The zero-order valence-corrected chi connectivity index (χ0v) is 17.3. The highest BCUT2D eigenvalue weighted by molar-refractivity contribution is 5.99. The summed E-state index contributed by atoms with van der Waals surface area (Å²) in [5.41, 5.74) is 2.96. The smallest absolute Gasteiger partial charge is 0.229 e. The molecule has 7 heteroatoms. The van der Waals surface area contributed by atoms with Gasteiger partial charge >= 0.3 is 0 Å². The van der Waals surface area contributed by atoms with Gasteiger partial charge in [0.25, 0.3) is 0 Å². The lowest BCUT2D eigenvalue weighted by molar-refractivity contribution is -0.896. The fourth-order valence-corrected chi connectivity index (χ4v) is 8.13. The van der Waals surface area contributed by atoms with E-state index in [0.29, 0.717) is 43.5 Å². The van der Waals surface area contributed by atoms with E-state index in [1.165, 1.54) is 5.57 Å². The number of hydroxylamine groups is 3. The van der Waals surface area contributed by atoms with Crippen molar-refractivity contribution >= 4 is 11.6 Å². The number of piperidine rings is 2. The second kappa shape index (κ2) is 5.39. The van der Waals surface area contributed by atoms with Gasteiger partial charge in [0.1, 0.15) is 12.6 Å². The van der Waals surface area contributed by atoms with Gasteiger partial charge in [0, 0.05) is 24.8 Å². The van der Waals surface area contributed by atoms with Gasteiger partial charge in [-0.1, -0.05) is 6.08 Å². The minimum Gasteiger partial charge on any atom is -0.632 e. The Labute approximate surface area is 175 Å². The fraction of sp³-hybridized carbons (Fsp3) is 0.609. The molecular weight excluding hydrogens is 384 g/mol. The largest absolute Gasteiger partial charge is 0.632 e. The van der Waals surface area contributed by atoms with Crippen LogP contribution in [0, 0.1) is 17.0 Å². The maximum absolute atomic E-state index is 14.1. The van der Waals surface area contributed by atoms with Crippen molar-refractivity contribution in [2.45, 2.75) is 42.9 Å². The van der Waals surface area contributed by atoms with E-state index in [2.05, 4.69) is 6.08 Å². The average Bonchev–Trinajstić information content (AvgIpc) is 3.15. The Balaban J connectivity index is 1.54. The summed E-state index contributed by atoms with van der Waals surface area (Å²) in [4.78, 5) is 15.5. The molecule has 7 nitrogen and oxygen atoms in total. The van der Waals surface area contributed by atoms with E-state index >= 15 is 0 Å². The van der Waals surface area contributed by atoms with E-state index < -0.39 is 0 Å². The van der Waals surface area contributed by atoms with Crippen molar-refractivity contribution in [3.05, 3.63) is 34.6 Å². The highest BCUT2D eigenvalue weighted by Crippen LogP contribution is 2.68. The second-order valence-electron chi connectivity index (χ2n) is 9.85. The first-order valence-corrected chi connectivity index (χ1v) is 11.0. The summed E-state index contributed by atoms with van der Waals surface area (Å²) >= 11 is 0. The normalized spacial score (nSPS) is 44.4. The third-order valence-corrected chi connectivity index (χ3v) is 9.10. The Morgan fingerprint density at radius 1 is 1.27 bits per heavy atom. The average molecular weight is 410 g/mol. The molecule has 7 rings (SSSR count). The summed E-state index contributed by atoms with van der Waals surface area (Å²) in [6.07, 6.45) is 4.18. The first kappa shape index (κ1) is 17.6. The van der Waals surface area contributed by atoms with Gasteiger partial charge in [0.15, 0.2) is 11.5 Å². The molecule has 4 fully saturated rings. The lowest BCUT2D eigenvalue weighted by Crippen LogP contribution is -2.71. The molecule has 30 heavy (non-hydrogen) atoms. The molecule has 1 aliphatic carbocycles. The highest BCUT2D eigenvalue weighted by Gasteiger charge is 2.74. The van der Waals surface area contributed by atoms with Crippen LogP contribution in [0.1, 0.15) is 24.8 Å². The van der Waals surface area contributed by atoms with Gasteiger partial charge in [-0.15, -0.1) is 0 Å². The van der Waals surface area contributed by atoms with Crippen LogP contribution in [0.4, 0.5) is 5.69 Å². The number of hydrogen-bond acceptors (Lipinski definition) is 5. The predicted molar refractivity (Wildman–Crippen MR) is 108 cm³/mol.